The van der Waals surface area contributed by atoms with E-state index in [9.17, 15) is 4.39 Å². The van der Waals surface area contributed by atoms with Gasteiger partial charge in [-0.25, -0.2) is 9.38 Å². The van der Waals surface area contributed by atoms with Gasteiger partial charge in [0.2, 0.25) is 0 Å². The second kappa shape index (κ2) is 8.14. The highest BCUT2D eigenvalue weighted by molar-refractivity contribution is 14.0. The maximum absolute atomic E-state index is 13.1. The maximum atomic E-state index is 13.1. The van der Waals surface area contributed by atoms with Crippen LogP contribution in [0.5, 0.6) is 5.75 Å². The predicted octanol–water partition coefficient (Wildman–Crippen LogP) is 3.37. The second-order valence-corrected chi connectivity index (χ2v) is 5.20. The fourth-order valence-corrected chi connectivity index (χ4v) is 2.53. The minimum Gasteiger partial charge on any atom is -0.493 e. The van der Waals surface area contributed by atoms with Gasteiger partial charge in [-0.1, -0.05) is 30.3 Å². The van der Waals surface area contributed by atoms with Gasteiger partial charge in [-0.15, -0.1) is 24.0 Å². The number of nitrogens with two attached hydrogens (primary N) is 1. The molecule has 1 aliphatic rings. The van der Waals surface area contributed by atoms with Gasteiger partial charge in [0.05, 0.1) is 19.2 Å². The van der Waals surface area contributed by atoms with Crippen LogP contribution in [0, 0.1) is 5.82 Å². The van der Waals surface area contributed by atoms with Crippen LogP contribution in [-0.2, 0) is 6.54 Å². The number of halogens is 2. The van der Waals surface area contributed by atoms with E-state index in [1.807, 2.05) is 30.3 Å². The molecular formula is C17H19FIN3O. The van der Waals surface area contributed by atoms with E-state index >= 15 is 0 Å². The fraction of sp³-hybridized carbons (Fsp3) is 0.235. The molecule has 1 atom stereocenters. The molecule has 23 heavy (non-hydrogen) atoms. The van der Waals surface area contributed by atoms with E-state index in [0.29, 0.717) is 19.1 Å². The second-order valence-electron chi connectivity index (χ2n) is 5.20. The fourth-order valence-electron chi connectivity index (χ4n) is 2.53. The number of guanidine groups is 1. The quantitative estimate of drug-likeness (QED) is 0.449. The van der Waals surface area contributed by atoms with Gasteiger partial charge in [-0.2, -0.15) is 0 Å². The highest BCUT2D eigenvalue weighted by atomic mass is 127. The van der Waals surface area contributed by atoms with Crippen LogP contribution >= 0.6 is 24.0 Å². The first-order chi connectivity index (χ1) is 10.7. The third kappa shape index (κ3) is 4.57. The molecule has 0 saturated heterocycles. The van der Waals surface area contributed by atoms with Crippen molar-refractivity contribution >= 4 is 29.9 Å². The van der Waals surface area contributed by atoms with E-state index in [2.05, 4.69) is 10.3 Å². The largest absolute Gasteiger partial charge is 0.493 e. The van der Waals surface area contributed by atoms with Crippen molar-refractivity contribution in [3.63, 3.8) is 0 Å². The Bertz CT molecular complexity index is 693. The monoisotopic (exact) mass is 427 g/mol. The topological polar surface area (TPSA) is 59.6 Å². The lowest BCUT2D eigenvalue weighted by atomic mass is 10.0. The van der Waals surface area contributed by atoms with Crippen molar-refractivity contribution in [2.75, 3.05) is 6.61 Å². The number of benzene rings is 2. The Kier molecular flexibility index (Phi) is 6.20. The Morgan fingerprint density at radius 1 is 1.26 bits per heavy atom. The van der Waals surface area contributed by atoms with E-state index < -0.39 is 0 Å². The number of hydrogen-bond donors (Lipinski definition) is 2. The molecule has 2 aromatic carbocycles. The summed E-state index contributed by atoms with van der Waals surface area (Å²) >= 11 is 0. The van der Waals surface area contributed by atoms with E-state index in [4.69, 9.17) is 10.5 Å². The molecule has 0 aromatic heterocycles. The van der Waals surface area contributed by atoms with Crippen molar-refractivity contribution in [3.05, 3.63) is 65.5 Å². The van der Waals surface area contributed by atoms with Crippen molar-refractivity contribution in [2.24, 2.45) is 10.7 Å². The molecule has 0 saturated carbocycles. The van der Waals surface area contributed by atoms with E-state index in [1.54, 1.807) is 6.07 Å². The number of hydrogen-bond acceptors (Lipinski definition) is 2. The lowest BCUT2D eigenvalue weighted by Gasteiger charge is -2.26. The molecule has 2 aromatic rings. The summed E-state index contributed by atoms with van der Waals surface area (Å²) < 4.78 is 18.7. The molecule has 1 heterocycles. The summed E-state index contributed by atoms with van der Waals surface area (Å²) in [6.45, 7) is 0.993. The normalized spacial score (nSPS) is 16.7. The van der Waals surface area contributed by atoms with Crippen molar-refractivity contribution in [2.45, 2.75) is 19.0 Å². The summed E-state index contributed by atoms with van der Waals surface area (Å²) in [6.07, 6.45) is 0.827. The van der Waals surface area contributed by atoms with Crippen LogP contribution < -0.4 is 15.8 Å². The highest BCUT2D eigenvalue weighted by Crippen LogP contribution is 2.31. The summed E-state index contributed by atoms with van der Waals surface area (Å²) in [5.74, 6) is 0.965. The van der Waals surface area contributed by atoms with Crippen LogP contribution in [0.4, 0.5) is 4.39 Å². The molecule has 0 fully saturated rings. The molecule has 3 N–H and O–H groups in total. The van der Waals surface area contributed by atoms with Crippen molar-refractivity contribution in [1.29, 1.82) is 0 Å². The van der Waals surface area contributed by atoms with Crippen molar-refractivity contribution in [1.82, 2.24) is 5.32 Å². The van der Waals surface area contributed by atoms with Crippen molar-refractivity contribution in [3.8, 4) is 5.75 Å². The number of nitrogens with zero attached hydrogens (tertiary/aromatic N) is 1. The first kappa shape index (κ1) is 17.5. The van der Waals surface area contributed by atoms with Gasteiger partial charge in [0.1, 0.15) is 11.6 Å². The average Bonchev–Trinajstić information content (AvgIpc) is 2.53. The standard InChI is InChI=1S/C17H18FN3O.HI/c18-13-5-3-4-12(10-13)11-20-17(19)21-15-8-9-22-16-7-2-1-6-14(15)16;/h1-7,10,15H,8-9,11H2,(H3,19,20,21);1H. The number of fused-ring (bicyclic) bond motifs is 1. The molecule has 0 amide bonds. The molecule has 0 radical (unpaired) electrons. The third-order valence-corrected chi connectivity index (χ3v) is 3.60. The Balaban J connectivity index is 0.00000192. The average molecular weight is 427 g/mol. The van der Waals surface area contributed by atoms with Crippen LogP contribution in [-0.4, -0.2) is 12.6 Å². The Morgan fingerprint density at radius 2 is 2.09 bits per heavy atom. The Hall–Kier alpha value is -1.83. The number of para-hydroxylation sites is 1. The van der Waals surface area contributed by atoms with Crippen LogP contribution in [0.3, 0.4) is 0 Å². The van der Waals surface area contributed by atoms with Crippen LogP contribution in [0.2, 0.25) is 0 Å². The Labute approximate surface area is 152 Å². The van der Waals surface area contributed by atoms with E-state index in [0.717, 1.165) is 23.3 Å². The number of aliphatic imine (C=N–C) groups is 1. The smallest absolute Gasteiger partial charge is 0.189 e. The summed E-state index contributed by atoms with van der Waals surface area (Å²) in [6, 6.07) is 14.3. The van der Waals surface area contributed by atoms with E-state index in [-0.39, 0.29) is 35.8 Å². The lowest BCUT2D eigenvalue weighted by Crippen LogP contribution is -2.37. The van der Waals surface area contributed by atoms with Crippen LogP contribution in [0.25, 0.3) is 0 Å². The minimum absolute atomic E-state index is 0. The zero-order chi connectivity index (χ0) is 15.4. The van der Waals surface area contributed by atoms with Gasteiger partial charge in [0, 0.05) is 12.0 Å². The SMILES string of the molecule is I.NC(=NCc1cccc(F)c1)NC1CCOc2ccccc21. The van der Waals surface area contributed by atoms with Gasteiger partial charge in [-0.3, -0.25) is 0 Å². The molecule has 0 spiro atoms. The summed E-state index contributed by atoms with van der Waals surface area (Å²) in [5, 5.41) is 3.21. The van der Waals surface area contributed by atoms with Gasteiger partial charge >= 0.3 is 0 Å². The van der Waals surface area contributed by atoms with Gasteiger partial charge < -0.3 is 15.8 Å². The zero-order valence-corrected chi connectivity index (χ0v) is 14.9. The molecule has 0 aliphatic carbocycles. The lowest BCUT2D eigenvalue weighted by molar-refractivity contribution is 0.262. The molecule has 1 unspecified atom stereocenters. The maximum Gasteiger partial charge on any atom is 0.189 e. The third-order valence-electron chi connectivity index (χ3n) is 3.60. The van der Waals surface area contributed by atoms with Crippen LogP contribution in [0.15, 0.2) is 53.5 Å². The molecule has 3 rings (SSSR count). The summed E-state index contributed by atoms with van der Waals surface area (Å²) in [5.41, 5.74) is 7.82. The number of nitrogens with one attached hydrogen (secondary N) is 1. The molecule has 6 heteroatoms. The predicted molar refractivity (Wildman–Crippen MR) is 99.6 cm³/mol. The molecule has 0 bridgehead atoms. The van der Waals surface area contributed by atoms with E-state index in [1.165, 1.54) is 12.1 Å². The molecule has 4 nitrogen and oxygen atoms in total. The first-order valence-electron chi connectivity index (χ1n) is 7.25. The summed E-state index contributed by atoms with van der Waals surface area (Å²) in [4.78, 5) is 4.28. The number of rotatable bonds is 3. The summed E-state index contributed by atoms with van der Waals surface area (Å²) in [7, 11) is 0. The van der Waals surface area contributed by atoms with Gasteiger partial charge in [0.15, 0.2) is 5.96 Å². The van der Waals surface area contributed by atoms with Gasteiger partial charge in [0.25, 0.3) is 0 Å². The van der Waals surface area contributed by atoms with Crippen molar-refractivity contribution < 1.29 is 9.13 Å². The van der Waals surface area contributed by atoms with Crippen LogP contribution in [0.1, 0.15) is 23.6 Å². The molecule has 122 valence electrons. The number of ether oxygens (including phenoxy) is 1. The minimum atomic E-state index is -0.266. The molecule has 1 aliphatic heterocycles. The zero-order valence-electron chi connectivity index (χ0n) is 12.5. The first-order valence-corrected chi connectivity index (χ1v) is 7.25. The Morgan fingerprint density at radius 3 is 2.91 bits per heavy atom. The van der Waals surface area contributed by atoms with Gasteiger partial charge in [-0.05, 0) is 23.8 Å². The highest BCUT2D eigenvalue weighted by Gasteiger charge is 2.21. The molecular weight excluding hydrogens is 408 g/mol.